The maximum absolute atomic E-state index is 13.3. The van der Waals surface area contributed by atoms with Crippen molar-refractivity contribution in [2.24, 2.45) is 0 Å². The first-order valence-corrected chi connectivity index (χ1v) is 13.0. The molecule has 2 unspecified atom stereocenters. The molecular formula is C21H27NO5S2. The largest absolute Gasteiger partial charge is 0.495 e. The Balaban J connectivity index is 1.76. The van der Waals surface area contributed by atoms with Gasteiger partial charge in [0.1, 0.15) is 10.6 Å². The Morgan fingerprint density at radius 3 is 2.52 bits per heavy atom. The highest BCUT2D eigenvalue weighted by Gasteiger charge is 2.46. The van der Waals surface area contributed by atoms with Gasteiger partial charge in [0.05, 0.1) is 23.9 Å². The van der Waals surface area contributed by atoms with Crippen LogP contribution in [0.15, 0.2) is 53.4 Å². The van der Waals surface area contributed by atoms with Crippen molar-refractivity contribution in [2.45, 2.75) is 36.0 Å². The molecular weight excluding hydrogens is 410 g/mol. The number of nitrogens with one attached hydrogen (secondary N) is 1. The van der Waals surface area contributed by atoms with Crippen LogP contribution in [-0.4, -0.2) is 53.3 Å². The van der Waals surface area contributed by atoms with Crippen molar-refractivity contribution in [3.05, 3.63) is 59.7 Å². The molecule has 1 heterocycles. The minimum atomic E-state index is -3.88. The number of methoxy groups -OCH3 is 1. The maximum atomic E-state index is 13.3. The molecule has 1 aliphatic rings. The summed E-state index contributed by atoms with van der Waals surface area (Å²) < 4.78 is 56.4. The van der Waals surface area contributed by atoms with Crippen LogP contribution in [0.1, 0.15) is 17.5 Å². The summed E-state index contributed by atoms with van der Waals surface area (Å²) >= 11 is 0. The summed E-state index contributed by atoms with van der Waals surface area (Å²) in [6.07, 6.45) is 1.64. The van der Waals surface area contributed by atoms with E-state index >= 15 is 0 Å². The molecule has 0 saturated carbocycles. The molecule has 0 bridgehead atoms. The highest BCUT2D eigenvalue weighted by molar-refractivity contribution is 7.96. The average molecular weight is 438 g/mol. The Labute approximate surface area is 173 Å². The van der Waals surface area contributed by atoms with Gasteiger partial charge in [-0.15, -0.1) is 0 Å². The van der Waals surface area contributed by atoms with Crippen molar-refractivity contribution < 1.29 is 21.6 Å². The predicted molar refractivity (Wildman–Crippen MR) is 114 cm³/mol. The van der Waals surface area contributed by atoms with Gasteiger partial charge in [0.2, 0.25) is 0 Å². The van der Waals surface area contributed by atoms with E-state index in [0.29, 0.717) is 6.54 Å². The van der Waals surface area contributed by atoms with E-state index in [1.54, 1.807) is 25.1 Å². The second kappa shape index (κ2) is 8.85. The molecule has 2 aromatic carbocycles. The van der Waals surface area contributed by atoms with E-state index in [2.05, 4.69) is 5.32 Å². The monoisotopic (exact) mass is 437 g/mol. The molecule has 29 heavy (non-hydrogen) atoms. The fourth-order valence-corrected chi connectivity index (χ4v) is 8.67. The number of hydrogen-bond acceptors (Lipinski definition) is 6. The van der Waals surface area contributed by atoms with Crippen LogP contribution in [0.3, 0.4) is 0 Å². The van der Waals surface area contributed by atoms with Crippen molar-refractivity contribution in [2.75, 3.05) is 25.2 Å². The third kappa shape index (κ3) is 5.18. The van der Waals surface area contributed by atoms with Gasteiger partial charge in [0, 0.05) is 6.04 Å². The van der Waals surface area contributed by atoms with Crippen LogP contribution in [0.5, 0.6) is 5.75 Å². The smallest absolute Gasteiger partial charge is 0.187 e. The Kier molecular flexibility index (Phi) is 6.65. The van der Waals surface area contributed by atoms with Crippen molar-refractivity contribution >= 4 is 19.7 Å². The molecule has 3 rings (SSSR count). The number of rotatable bonds is 8. The molecule has 6 nitrogen and oxygen atoms in total. The van der Waals surface area contributed by atoms with Gasteiger partial charge in [-0.3, -0.25) is 0 Å². The van der Waals surface area contributed by atoms with E-state index in [4.69, 9.17) is 4.74 Å². The summed E-state index contributed by atoms with van der Waals surface area (Å²) in [5, 5.41) is 2.16. The molecule has 1 N–H and O–H groups in total. The van der Waals surface area contributed by atoms with Crippen molar-refractivity contribution in [1.82, 2.24) is 5.32 Å². The van der Waals surface area contributed by atoms with Gasteiger partial charge >= 0.3 is 0 Å². The van der Waals surface area contributed by atoms with Crippen LogP contribution in [0, 0.1) is 6.92 Å². The Bertz CT molecular complexity index is 1050. The molecule has 0 aliphatic carbocycles. The zero-order valence-corrected chi connectivity index (χ0v) is 18.3. The zero-order chi connectivity index (χ0) is 21.1. The summed E-state index contributed by atoms with van der Waals surface area (Å²) in [6.45, 7) is 2.34. The van der Waals surface area contributed by atoms with E-state index in [-0.39, 0.29) is 22.2 Å². The van der Waals surface area contributed by atoms with E-state index in [0.717, 1.165) is 18.4 Å². The first-order valence-electron chi connectivity index (χ1n) is 9.59. The van der Waals surface area contributed by atoms with Gasteiger partial charge in [0.15, 0.2) is 19.7 Å². The number of benzene rings is 2. The molecule has 1 aliphatic heterocycles. The summed E-state index contributed by atoms with van der Waals surface area (Å²) in [5.74, 6) is -0.304. The van der Waals surface area contributed by atoms with E-state index in [1.807, 2.05) is 30.3 Å². The minimum absolute atomic E-state index is 0.0539. The molecule has 0 amide bonds. The van der Waals surface area contributed by atoms with Gasteiger partial charge < -0.3 is 10.1 Å². The average Bonchev–Trinajstić information content (AvgIpc) is 3.01. The predicted octanol–water partition coefficient (Wildman–Crippen LogP) is 2.17. The van der Waals surface area contributed by atoms with Crippen LogP contribution in [0.25, 0.3) is 0 Å². The third-order valence-electron chi connectivity index (χ3n) is 5.22. The first-order chi connectivity index (χ1) is 13.7. The number of aryl methyl sites for hydroxylation is 2. The summed E-state index contributed by atoms with van der Waals surface area (Å²) in [4.78, 5) is 0.0539. The number of ether oxygens (including phenoxy) is 1. The Morgan fingerprint density at radius 2 is 1.83 bits per heavy atom. The second-order valence-corrected chi connectivity index (χ2v) is 11.8. The van der Waals surface area contributed by atoms with Crippen LogP contribution in [0.2, 0.25) is 0 Å². The van der Waals surface area contributed by atoms with Crippen LogP contribution >= 0.6 is 0 Å². The normalized spacial score (nSPS) is 21.2. The van der Waals surface area contributed by atoms with Crippen LogP contribution in [0.4, 0.5) is 0 Å². The highest BCUT2D eigenvalue weighted by atomic mass is 32.2. The van der Waals surface area contributed by atoms with Crippen molar-refractivity contribution in [3.8, 4) is 5.75 Å². The molecule has 1 saturated heterocycles. The minimum Gasteiger partial charge on any atom is -0.495 e. The van der Waals surface area contributed by atoms with Gasteiger partial charge in [0.25, 0.3) is 0 Å². The standard InChI is InChI=1S/C21H27NO5S2/c1-16-10-11-19(27-2)20(13-16)29(25,26)21-15-28(23,24)14-18(21)22-12-6-9-17-7-4-3-5-8-17/h3-5,7-8,10-11,13,18,21-22H,6,9,12,14-15H2,1-2H3. The Morgan fingerprint density at radius 1 is 1.10 bits per heavy atom. The SMILES string of the molecule is COc1ccc(C)cc1S(=O)(=O)C1CS(=O)(=O)CC1NCCCc1ccccc1. The van der Waals surface area contributed by atoms with E-state index in [1.165, 1.54) is 12.7 Å². The van der Waals surface area contributed by atoms with Crippen molar-refractivity contribution in [1.29, 1.82) is 0 Å². The van der Waals surface area contributed by atoms with Crippen LogP contribution < -0.4 is 10.1 Å². The van der Waals surface area contributed by atoms with Gasteiger partial charge in [-0.2, -0.15) is 0 Å². The van der Waals surface area contributed by atoms with E-state index < -0.39 is 31.0 Å². The number of sulfone groups is 2. The molecule has 0 spiro atoms. The molecule has 8 heteroatoms. The quantitative estimate of drug-likeness (QED) is 0.637. The molecule has 0 radical (unpaired) electrons. The van der Waals surface area contributed by atoms with Crippen molar-refractivity contribution in [3.63, 3.8) is 0 Å². The molecule has 158 valence electrons. The topological polar surface area (TPSA) is 89.5 Å². The third-order valence-corrected chi connectivity index (χ3v) is 9.39. The molecule has 2 aromatic rings. The second-order valence-electron chi connectivity index (χ2n) is 7.46. The lowest BCUT2D eigenvalue weighted by Crippen LogP contribution is -2.43. The van der Waals surface area contributed by atoms with Crippen LogP contribution in [-0.2, 0) is 26.1 Å². The van der Waals surface area contributed by atoms with Gasteiger partial charge in [-0.25, -0.2) is 16.8 Å². The molecule has 0 aromatic heterocycles. The fourth-order valence-electron chi connectivity index (χ4n) is 3.71. The summed E-state index contributed by atoms with van der Waals surface area (Å²) in [6, 6.07) is 14.3. The Hall–Kier alpha value is -1.90. The lowest BCUT2D eigenvalue weighted by molar-refractivity contribution is 0.402. The maximum Gasteiger partial charge on any atom is 0.187 e. The first kappa shape index (κ1) is 21.8. The zero-order valence-electron chi connectivity index (χ0n) is 16.7. The lowest BCUT2D eigenvalue weighted by atomic mass is 10.1. The number of hydrogen-bond donors (Lipinski definition) is 1. The summed E-state index contributed by atoms with van der Waals surface area (Å²) in [5.41, 5.74) is 1.97. The van der Waals surface area contributed by atoms with E-state index in [9.17, 15) is 16.8 Å². The lowest BCUT2D eigenvalue weighted by Gasteiger charge is -2.21. The molecule has 2 atom stereocenters. The van der Waals surface area contributed by atoms with Gasteiger partial charge in [-0.1, -0.05) is 36.4 Å². The fraction of sp³-hybridized carbons (Fsp3) is 0.429. The highest BCUT2D eigenvalue weighted by Crippen LogP contribution is 2.32. The molecule has 1 fully saturated rings. The summed E-state index contributed by atoms with van der Waals surface area (Å²) in [7, 11) is -5.91. The van der Waals surface area contributed by atoms with Gasteiger partial charge in [-0.05, 0) is 49.6 Å².